The molecule has 0 amide bonds. The van der Waals surface area contributed by atoms with Crippen LogP contribution in [0.1, 0.15) is 106 Å². The van der Waals surface area contributed by atoms with Gasteiger partial charge in [-0.15, -0.1) is 0 Å². The molecule has 0 radical (unpaired) electrons. The molecule has 9 atom stereocenters. The van der Waals surface area contributed by atoms with E-state index in [0.29, 0.717) is 46.2 Å². The highest BCUT2D eigenvalue weighted by Gasteiger charge is 2.82. The van der Waals surface area contributed by atoms with E-state index in [1.807, 2.05) is 0 Å². The van der Waals surface area contributed by atoms with Crippen LogP contribution in [0.15, 0.2) is 11.6 Å². The Kier molecular flexibility index (Phi) is 5.36. The van der Waals surface area contributed by atoms with Crippen LogP contribution >= 0.6 is 0 Å². The van der Waals surface area contributed by atoms with Gasteiger partial charge in [-0.2, -0.15) is 0 Å². The van der Waals surface area contributed by atoms with Crippen molar-refractivity contribution in [1.29, 1.82) is 0 Å². The van der Waals surface area contributed by atoms with E-state index in [2.05, 4.69) is 34.6 Å². The third-order valence-electron chi connectivity index (χ3n) is 13.0. The van der Waals surface area contributed by atoms with E-state index in [9.17, 15) is 19.8 Å². The van der Waals surface area contributed by atoms with Gasteiger partial charge in [-0.25, -0.2) is 4.79 Å². The first kappa shape index (κ1) is 24.5. The number of carboxylic acid groups (broad SMARTS) is 1. The van der Waals surface area contributed by atoms with Gasteiger partial charge in [0.15, 0.2) is 0 Å². The van der Waals surface area contributed by atoms with Crippen LogP contribution in [0.4, 0.5) is 0 Å². The minimum atomic E-state index is -0.953. The van der Waals surface area contributed by atoms with Crippen LogP contribution in [-0.4, -0.2) is 28.1 Å². The van der Waals surface area contributed by atoms with Gasteiger partial charge in [0, 0.05) is 17.4 Å². The number of fused-ring (bicyclic) bond motifs is 2. The third-order valence-corrected chi connectivity index (χ3v) is 13.0. The summed E-state index contributed by atoms with van der Waals surface area (Å²) in [5.74, 6) is 1.81. The molecule has 0 bridgehead atoms. The molecule has 34 heavy (non-hydrogen) atoms. The summed E-state index contributed by atoms with van der Waals surface area (Å²) < 4.78 is 0. The second-order valence-corrected chi connectivity index (χ2v) is 14.2. The monoisotopic (exact) mass is 470 g/mol. The number of carbonyl (C=O) groups is 2. The van der Waals surface area contributed by atoms with Gasteiger partial charge in [0.1, 0.15) is 5.78 Å². The largest absolute Gasteiger partial charge is 0.478 e. The lowest BCUT2D eigenvalue weighted by atomic mass is 9.42. The van der Waals surface area contributed by atoms with E-state index in [0.717, 1.165) is 18.8 Å². The van der Waals surface area contributed by atoms with Crippen molar-refractivity contribution in [1.82, 2.24) is 0 Å². The maximum absolute atomic E-state index is 12.8. The van der Waals surface area contributed by atoms with Crippen molar-refractivity contribution in [2.24, 2.45) is 50.7 Å². The highest BCUT2D eigenvalue weighted by Crippen LogP contribution is 2.88. The lowest BCUT2D eigenvalue weighted by molar-refractivity contribution is -0.157. The van der Waals surface area contributed by atoms with Crippen molar-refractivity contribution in [2.75, 3.05) is 0 Å². The van der Waals surface area contributed by atoms with Gasteiger partial charge < -0.3 is 10.2 Å². The van der Waals surface area contributed by atoms with Crippen molar-refractivity contribution in [3.05, 3.63) is 11.6 Å². The van der Waals surface area contributed by atoms with Gasteiger partial charge in [-0.3, -0.25) is 4.79 Å². The van der Waals surface area contributed by atoms with Crippen LogP contribution < -0.4 is 0 Å². The van der Waals surface area contributed by atoms with Gasteiger partial charge in [-0.05, 0) is 116 Å². The minimum Gasteiger partial charge on any atom is -0.478 e. The molecule has 0 aliphatic heterocycles. The quantitative estimate of drug-likeness (QED) is 0.455. The Morgan fingerprint density at radius 1 is 1.00 bits per heavy atom. The van der Waals surface area contributed by atoms with E-state index in [1.54, 1.807) is 6.92 Å². The van der Waals surface area contributed by atoms with Crippen LogP contribution in [0, 0.1) is 50.7 Å². The number of aliphatic hydroxyl groups is 1. The highest BCUT2D eigenvalue weighted by molar-refractivity contribution is 5.86. The Balaban J connectivity index is 1.38. The van der Waals surface area contributed by atoms with Gasteiger partial charge in [0.05, 0.1) is 6.10 Å². The average Bonchev–Trinajstić information content (AvgIpc) is 3.33. The molecule has 5 fully saturated rings. The van der Waals surface area contributed by atoms with Crippen molar-refractivity contribution in [2.45, 2.75) is 112 Å². The number of Topliss-reactive ketones (excluding diaryl/α,β-unsaturated/α-hetero) is 1. The maximum Gasteiger partial charge on any atom is 0.331 e. The summed E-state index contributed by atoms with van der Waals surface area (Å²) in [5.41, 5.74) is 1.54. The molecule has 5 saturated carbocycles. The van der Waals surface area contributed by atoms with Crippen LogP contribution in [0.25, 0.3) is 0 Å². The van der Waals surface area contributed by atoms with E-state index in [4.69, 9.17) is 0 Å². The molecular weight excluding hydrogens is 424 g/mol. The fraction of sp³-hybridized carbons (Fsp3) is 0.867. The summed E-state index contributed by atoms with van der Waals surface area (Å²) in [5, 5.41) is 19.8. The molecule has 5 rings (SSSR count). The molecule has 0 aromatic rings. The minimum absolute atomic E-state index is 0.154. The summed E-state index contributed by atoms with van der Waals surface area (Å²) in [7, 11) is 0. The number of aliphatic carboxylic acids is 1. The Morgan fingerprint density at radius 3 is 2.32 bits per heavy atom. The molecule has 5 aliphatic rings. The van der Waals surface area contributed by atoms with Crippen molar-refractivity contribution < 1.29 is 19.8 Å². The first-order valence-electron chi connectivity index (χ1n) is 13.9. The number of ketones is 1. The number of hydrogen-bond acceptors (Lipinski definition) is 3. The number of rotatable bonds is 5. The SMILES string of the molecule is CC(=CC(O)CC(C)[C@@H]1CC[C@@]2(C)[C@@H]3CC[C@H]4C(C)(C)C(=O)CC[C@@]45C[C@@]35CC[C@]12C)C(=O)O. The lowest BCUT2D eigenvalue weighted by Crippen LogP contribution is -2.57. The topological polar surface area (TPSA) is 74.6 Å². The molecule has 2 N–H and O–H groups in total. The zero-order valence-electron chi connectivity index (χ0n) is 22.2. The molecule has 190 valence electrons. The summed E-state index contributed by atoms with van der Waals surface area (Å²) in [6.07, 6.45) is 12.3. The van der Waals surface area contributed by atoms with Crippen LogP contribution in [0.2, 0.25) is 0 Å². The summed E-state index contributed by atoms with van der Waals surface area (Å²) >= 11 is 0. The molecular formula is C30H46O4. The molecule has 2 unspecified atom stereocenters. The van der Waals surface area contributed by atoms with Gasteiger partial charge in [0.2, 0.25) is 0 Å². The summed E-state index contributed by atoms with van der Waals surface area (Å²) in [6, 6.07) is 0. The normalized spacial score (nSPS) is 48.7. The van der Waals surface area contributed by atoms with Gasteiger partial charge in [0.25, 0.3) is 0 Å². The zero-order valence-corrected chi connectivity index (χ0v) is 22.2. The van der Waals surface area contributed by atoms with Gasteiger partial charge >= 0.3 is 5.97 Å². The molecule has 4 heteroatoms. The number of aliphatic hydroxyl groups excluding tert-OH is 1. The average molecular weight is 471 g/mol. The molecule has 5 aliphatic carbocycles. The molecule has 2 spiro atoms. The standard InChI is InChI=1S/C30H46O4/c1-18(15-20(31)16-19(2)25(33)34)21-9-11-28(6)23-8-7-22-26(3,4)24(32)10-12-29(22)17-30(23,29)14-13-27(21,28)5/h16,18,20-23,31H,7-15,17H2,1-6H3,(H,33,34)/t18?,20?,21-,22-,23-,27+,28-,29+,30-/m0/s1. The highest BCUT2D eigenvalue weighted by atomic mass is 16.4. The zero-order chi connectivity index (χ0) is 24.9. The predicted molar refractivity (Wildman–Crippen MR) is 133 cm³/mol. The Morgan fingerprint density at radius 2 is 1.65 bits per heavy atom. The fourth-order valence-corrected chi connectivity index (χ4v) is 11.1. The lowest BCUT2D eigenvalue weighted by Gasteiger charge is -2.62. The molecule has 0 heterocycles. The Bertz CT molecular complexity index is 934. The van der Waals surface area contributed by atoms with E-state index in [-0.39, 0.29) is 16.4 Å². The van der Waals surface area contributed by atoms with Crippen LogP contribution in [0.5, 0.6) is 0 Å². The predicted octanol–water partition coefficient (Wildman–Crippen LogP) is 6.41. The number of carboxylic acids is 1. The van der Waals surface area contributed by atoms with E-state index < -0.39 is 12.1 Å². The molecule has 4 nitrogen and oxygen atoms in total. The molecule has 0 aromatic heterocycles. The second-order valence-electron chi connectivity index (χ2n) is 14.2. The fourth-order valence-electron chi connectivity index (χ4n) is 11.1. The molecule has 0 saturated heterocycles. The van der Waals surface area contributed by atoms with Crippen molar-refractivity contribution in [3.63, 3.8) is 0 Å². The number of hydrogen-bond donors (Lipinski definition) is 2. The van der Waals surface area contributed by atoms with E-state index >= 15 is 0 Å². The third kappa shape index (κ3) is 2.93. The summed E-state index contributed by atoms with van der Waals surface area (Å²) in [4.78, 5) is 24.0. The second kappa shape index (κ2) is 7.43. The first-order valence-corrected chi connectivity index (χ1v) is 13.9. The Hall–Kier alpha value is -1.16. The maximum atomic E-state index is 12.8. The van der Waals surface area contributed by atoms with Gasteiger partial charge in [-0.1, -0.05) is 34.6 Å². The van der Waals surface area contributed by atoms with Crippen LogP contribution in [-0.2, 0) is 9.59 Å². The van der Waals surface area contributed by atoms with E-state index in [1.165, 1.54) is 51.0 Å². The Labute approximate surface area is 206 Å². The first-order chi connectivity index (χ1) is 15.8. The van der Waals surface area contributed by atoms with Crippen molar-refractivity contribution >= 4 is 11.8 Å². The molecule has 0 aromatic carbocycles. The summed E-state index contributed by atoms with van der Waals surface area (Å²) in [6.45, 7) is 13.5. The van der Waals surface area contributed by atoms with Crippen molar-refractivity contribution in [3.8, 4) is 0 Å². The smallest absolute Gasteiger partial charge is 0.331 e. The van der Waals surface area contributed by atoms with Crippen LogP contribution in [0.3, 0.4) is 0 Å². The number of carbonyl (C=O) groups excluding carboxylic acids is 1.